The summed E-state index contributed by atoms with van der Waals surface area (Å²) in [5.74, 6) is 0. The summed E-state index contributed by atoms with van der Waals surface area (Å²) >= 11 is 7.50. The highest BCUT2D eigenvalue weighted by molar-refractivity contribution is 7.89. The van der Waals surface area contributed by atoms with Crippen LogP contribution in [-0.4, -0.2) is 34.0 Å². The standard InChI is InChI=1S/C15H19ClN2O2S2/c1-11-9-12(16)6-7-15(11)22(19,20)17-10-13(18(2)3)14-5-4-8-21-14/h4-9,13,17H,10H2,1-3H3/t13-/m1/s1. The molecular formula is C15H19ClN2O2S2. The Morgan fingerprint density at radius 2 is 2.05 bits per heavy atom. The fourth-order valence-electron chi connectivity index (χ4n) is 2.20. The molecule has 7 heteroatoms. The first-order chi connectivity index (χ1) is 10.3. The van der Waals surface area contributed by atoms with Crippen molar-refractivity contribution in [3.63, 3.8) is 0 Å². The van der Waals surface area contributed by atoms with Gasteiger partial charge in [-0.1, -0.05) is 17.7 Å². The molecule has 0 aliphatic heterocycles. The largest absolute Gasteiger partial charge is 0.300 e. The van der Waals surface area contributed by atoms with E-state index in [1.807, 2.05) is 36.5 Å². The van der Waals surface area contributed by atoms with Gasteiger partial charge in [-0.3, -0.25) is 0 Å². The second-order valence-corrected chi connectivity index (χ2v) is 8.41. The van der Waals surface area contributed by atoms with E-state index in [1.165, 1.54) is 6.07 Å². The number of hydrogen-bond donors (Lipinski definition) is 1. The molecule has 0 fully saturated rings. The molecule has 0 bridgehead atoms. The van der Waals surface area contributed by atoms with Gasteiger partial charge in [0.25, 0.3) is 0 Å². The Kier molecular flexibility index (Phi) is 5.63. The van der Waals surface area contributed by atoms with Gasteiger partial charge in [0.15, 0.2) is 0 Å². The molecule has 1 aromatic heterocycles. The van der Waals surface area contributed by atoms with Gasteiger partial charge in [-0.05, 0) is 56.2 Å². The average Bonchev–Trinajstić information content (AvgIpc) is 2.91. The van der Waals surface area contributed by atoms with Crippen LogP contribution in [0.3, 0.4) is 0 Å². The normalized spacial score (nSPS) is 13.5. The van der Waals surface area contributed by atoms with Gasteiger partial charge in [-0.2, -0.15) is 0 Å². The van der Waals surface area contributed by atoms with Crippen LogP contribution < -0.4 is 4.72 Å². The maximum atomic E-state index is 12.5. The minimum atomic E-state index is -3.56. The molecule has 1 heterocycles. The minimum absolute atomic E-state index is 0.00220. The van der Waals surface area contributed by atoms with Crippen LogP contribution in [0.15, 0.2) is 40.6 Å². The topological polar surface area (TPSA) is 49.4 Å². The Bertz CT molecular complexity index is 728. The van der Waals surface area contributed by atoms with E-state index in [1.54, 1.807) is 30.4 Å². The fraction of sp³-hybridized carbons (Fsp3) is 0.333. The molecule has 4 nitrogen and oxygen atoms in total. The Morgan fingerprint density at radius 1 is 1.32 bits per heavy atom. The number of halogens is 1. The van der Waals surface area contributed by atoms with Crippen LogP contribution in [0.2, 0.25) is 5.02 Å². The maximum Gasteiger partial charge on any atom is 0.240 e. The summed E-state index contributed by atoms with van der Waals surface area (Å²) in [6.07, 6.45) is 0. The third-order valence-electron chi connectivity index (χ3n) is 3.39. The molecule has 2 rings (SSSR count). The van der Waals surface area contributed by atoms with E-state index in [0.29, 0.717) is 17.1 Å². The monoisotopic (exact) mass is 358 g/mol. The zero-order valence-corrected chi connectivity index (χ0v) is 15.1. The highest BCUT2D eigenvalue weighted by atomic mass is 35.5. The fourth-order valence-corrected chi connectivity index (χ4v) is 4.61. The van der Waals surface area contributed by atoms with Crippen molar-refractivity contribution in [2.75, 3.05) is 20.6 Å². The molecule has 0 radical (unpaired) electrons. The number of nitrogens with zero attached hydrogens (tertiary/aromatic N) is 1. The van der Waals surface area contributed by atoms with Crippen LogP contribution in [0.1, 0.15) is 16.5 Å². The third kappa shape index (κ3) is 4.08. The van der Waals surface area contributed by atoms with Crippen molar-refractivity contribution >= 4 is 33.0 Å². The van der Waals surface area contributed by atoms with Crippen molar-refractivity contribution < 1.29 is 8.42 Å². The van der Waals surface area contributed by atoms with Crippen molar-refractivity contribution in [3.8, 4) is 0 Å². The van der Waals surface area contributed by atoms with Crippen LogP contribution in [0.25, 0.3) is 0 Å². The lowest BCUT2D eigenvalue weighted by Gasteiger charge is -2.23. The van der Waals surface area contributed by atoms with Crippen molar-refractivity contribution in [2.45, 2.75) is 17.9 Å². The first kappa shape index (κ1) is 17.4. The van der Waals surface area contributed by atoms with Gasteiger partial charge in [0.05, 0.1) is 10.9 Å². The van der Waals surface area contributed by atoms with Crippen LogP contribution in [0, 0.1) is 6.92 Å². The quantitative estimate of drug-likeness (QED) is 0.862. The van der Waals surface area contributed by atoms with Crippen LogP contribution in [0.5, 0.6) is 0 Å². The second-order valence-electron chi connectivity index (χ2n) is 5.26. The maximum absolute atomic E-state index is 12.5. The van der Waals surface area contributed by atoms with E-state index in [2.05, 4.69) is 4.72 Å². The Balaban J connectivity index is 2.18. The molecule has 0 saturated carbocycles. The summed E-state index contributed by atoms with van der Waals surface area (Å²) < 4.78 is 27.7. The van der Waals surface area contributed by atoms with E-state index in [0.717, 1.165) is 4.88 Å². The predicted octanol–water partition coefficient (Wildman–Crippen LogP) is 3.29. The van der Waals surface area contributed by atoms with Crippen LogP contribution in [-0.2, 0) is 10.0 Å². The lowest BCUT2D eigenvalue weighted by atomic mass is 10.2. The number of sulfonamides is 1. The summed E-state index contributed by atoms with van der Waals surface area (Å²) in [4.78, 5) is 3.39. The molecule has 0 aliphatic rings. The van der Waals surface area contributed by atoms with Gasteiger partial charge in [-0.15, -0.1) is 11.3 Å². The molecule has 1 aromatic carbocycles. The molecule has 1 atom stereocenters. The first-order valence-corrected chi connectivity index (χ1v) is 9.51. The number of likely N-dealkylation sites (N-methyl/N-ethyl adjacent to an activating group) is 1. The van der Waals surface area contributed by atoms with E-state index < -0.39 is 10.0 Å². The first-order valence-electron chi connectivity index (χ1n) is 6.77. The van der Waals surface area contributed by atoms with Gasteiger partial charge in [0, 0.05) is 16.4 Å². The van der Waals surface area contributed by atoms with Crippen LogP contribution >= 0.6 is 22.9 Å². The lowest BCUT2D eigenvalue weighted by Crippen LogP contribution is -2.34. The summed E-state index contributed by atoms with van der Waals surface area (Å²) in [6, 6.07) is 8.76. The number of nitrogens with one attached hydrogen (secondary N) is 1. The van der Waals surface area contributed by atoms with Gasteiger partial charge in [0.1, 0.15) is 0 Å². The van der Waals surface area contributed by atoms with Crippen molar-refractivity contribution in [2.24, 2.45) is 0 Å². The highest BCUT2D eigenvalue weighted by Gasteiger charge is 2.21. The smallest absolute Gasteiger partial charge is 0.240 e. The Hall–Kier alpha value is -0.920. The molecule has 22 heavy (non-hydrogen) atoms. The number of thiophene rings is 1. The second kappa shape index (κ2) is 7.10. The minimum Gasteiger partial charge on any atom is -0.300 e. The third-order valence-corrected chi connectivity index (χ3v) is 6.18. The van der Waals surface area contributed by atoms with Gasteiger partial charge in [-0.25, -0.2) is 13.1 Å². The molecule has 0 amide bonds. The van der Waals surface area contributed by atoms with E-state index in [-0.39, 0.29) is 10.9 Å². The summed E-state index contributed by atoms with van der Waals surface area (Å²) in [7, 11) is 0.315. The zero-order valence-electron chi connectivity index (χ0n) is 12.7. The number of hydrogen-bond acceptors (Lipinski definition) is 4. The zero-order chi connectivity index (χ0) is 16.3. The van der Waals surface area contributed by atoms with Gasteiger partial charge < -0.3 is 4.90 Å². The van der Waals surface area contributed by atoms with Gasteiger partial charge >= 0.3 is 0 Å². The Labute approximate surface area is 140 Å². The number of aryl methyl sites for hydroxylation is 1. The van der Waals surface area contributed by atoms with Crippen molar-refractivity contribution in [1.82, 2.24) is 9.62 Å². The Morgan fingerprint density at radius 3 is 2.59 bits per heavy atom. The predicted molar refractivity (Wildman–Crippen MR) is 92.1 cm³/mol. The molecule has 0 saturated heterocycles. The highest BCUT2D eigenvalue weighted by Crippen LogP contribution is 2.24. The van der Waals surface area contributed by atoms with Crippen LogP contribution in [0.4, 0.5) is 0 Å². The van der Waals surface area contributed by atoms with E-state index >= 15 is 0 Å². The number of rotatable bonds is 6. The molecule has 120 valence electrons. The molecule has 0 aliphatic carbocycles. The van der Waals surface area contributed by atoms with E-state index in [9.17, 15) is 8.42 Å². The van der Waals surface area contributed by atoms with Crippen molar-refractivity contribution in [3.05, 3.63) is 51.2 Å². The average molecular weight is 359 g/mol. The van der Waals surface area contributed by atoms with Gasteiger partial charge in [0.2, 0.25) is 10.0 Å². The number of benzene rings is 1. The summed E-state index contributed by atoms with van der Waals surface area (Å²) in [6.45, 7) is 2.06. The lowest BCUT2D eigenvalue weighted by molar-refractivity contribution is 0.303. The molecule has 0 spiro atoms. The SMILES string of the molecule is Cc1cc(Cl)ccc1S(=O)(=O)NC[C@H](c1cccs1)N(C)C. The molecule has 2 aromatic rings. The summed E-state index contributed by atoms with van der Waals surface area (Å²) in [5, 5.41) is 2.52. The molecular weight excluding hydrogens is 340 g/mol. The summed E-state index contributed by atoms with van der Waals surface area (Å²) in [5.41, 5.74) is 0.637. The molecule has 0 unspecified atom stereocenters. The molecule has 1 N–H and O–H groups in total. The van der Waals surface area contributed by atoms with E-state index in [4.69, 9.17) is 11.6 Å². The van der Waals surface area contributed by atoms with Crippen molar-refractivity contribution in [1.29, 1.82) is 0 Å².